The lowest BCUT2D eigenvalue weighted by Gasteiger charge is -2.25. The normalized spacial score (nSPS) is 12.2. The minimum Gasteiger partial charge on any atom is -0.389 e. The number of para-hydroxylation sites is 1. The van der Waals surface area contributed by atoms with E-state index in [-0.39, 0.29) is 5.82 Å². The first-order valence-corrected chi connectivity index (χ1v) is 7.33. The molecule has 0 aromatic heterocycles. The number of aliphatic hydroxyl groups is 1. The van der Waals surface area contributed by atoms with Crippen molar-refractivity contribution in [2.45, 2.75) is 20.0 Å². The van der Waals surface area contributed by atoms with Crippen molar-refractivity contribution >= 4 is 27.3 Å². The number of nitrogens with zero attached hydrogens (tertiary/aromatic N) is 1. The van der Waals surface area contributed by atoms with E-state index in [2.05, 4.69) is 15.9 Å². The van der Waals surface area contributed by atoms with E-state index >= 15 is 0 Å². The molecule has 0 radical (unpaired) electrons. The molecular formula is C16H17BrFNO. The fourth-order valence-corrected chi connectivity index (χ4v) is 2.75. The lowest BCUT2D eigenvalue weighted by molar-refractivity contribution is 0.199. The largest absolute Gasteiger partial charge is 0.389 e. The fraction of sp³-hybridized carbons (Fsp3) is 0.250. The first-order chi connectivity index (χ1) is 9.54. The molecule has 0 bridgehead atoms. The van der Waals surface area contributed by atoms with E-state index in [0.717, 1.165) is 15.7 Å². The molecule has 0 fully saturated rings. The van der Waals surface area contributed by atoms with Crippen LogP contribution in [-0.4, -0.2) is 11.7 Å². The van der Waals surface area contributed by atoms with Crippen LogP contribution in [0.4, 0.5) is 15.8 Å². The summed E-state index contributed by atoms with van der Waals surface area (Å²) in [6.45, 7) is 4.34. The van der Waals surface area contributed by atoms with E-state index in [9.17, 15) is 9.50 Å². The minimum absolute atomic E-state index is 0.249. The van der Waals surface area contributed by atoms with Crippen molar-refractivity contribution in [3.63, 3.8) is 0 Å². The van der Waals surface area contributed by atoms with Crippen molar-refractivity contribution < 1.29 is 9.50 Å². The highest BCUT2D eigenvalue weighted by Gasteiger charge is 2.15. The van der Waals surface area contributed by atoms with Gasteiger partial charge in [-0.3, -0.25) is 0 Å². The first kappa shape index (κ1) is 15.0. The van der Waals surface area contributed by atoms with E-state index in [1.807, 2.05) is 36.1 Å². The average molecular weight is 338 g/mol. The van der Waals surface area contributed by atoms with Gasteiger partial charge < -0.3 is 10.0 Å². The van der Waals surface area contributed by atoms with Crippen molar-refractivity contribution in [3.8, 4) is 0 Å². The third kappa shape index (κ3) is 3.02. The van der Waals surface area contributed by atoms with Crippen molar-refractivity contribution in [3.05, 3.63) is 58.3 Å². The second kappa shape index (κ2) is 6.37. The third-order valence-corrected chi connectivity index (χ3v) is 3.84. The van der Waals surface area contributed by atoms with E-state index in [0.29, 0.717) is 12.2 Å². The SMILES string of the molecule is CCN(c1ccccc1F)c1ccc(C(C)O)cc1Br. The number of benzene rings is 2. The summed E-state index contributed by atoms with van der Waals surface area (Å²) < 4.78 is 14.8. The summed E-state index contributed by atoms with van der Waals surface area (Å²) in [6, 6.07) is 12.3. The van der Waals surface area contributed by atoms with Gasteiger partial charge in [-0.05, 0) is 59.6 Å². The quantitative estimate of drug-likeness (QED) is 0.866. The number of aliphatic hydroxyl groups excluding tert-OH is 1. The van der Waals surface area contributed by atoms with Crippen molar-refractivity contribution in [1.29, 1.82) is 0 Å². The molecular weight excluding hydrogens is 321 g/mol. The van der Waals surface area contributed by atoms with E-state index in [4.69, 9.17) is 0 Å². The summed E-state index contributed by atoms with van der Waals surface area (Å²) in [5.74, 6) is -0.249. The molecule has 106 valence electrons. The second-order valence-electron chi connectivity index (χ2n) is 4.58. The molecule has 20 heavy (non-hydrogen) atoms. The molecule has 0 heterocycles. The Kier molecular flexibility index (Phi) is 4.78. The van der Waals surface area contributed by atoms with E-state index < -0.39 is 6.10 Å². The van der Waals surface area contributed by atoms with Crippen molar-refractivity contribution in [1.82, 2.24) is 0 Å². The molecule has 0 spiro atoms. The monoisotopic (exact) mass is 337 g/mol. The van der Waals surface area contributed by atoms with Crippen LogP contribution in [0.1, 0.15) is 25.5 Å². The molecule has 1 unspecified atom stereocenters. The Hall–Kier alpha value is -1.39. The van der Waals surface area contributed by atoms with Crippen LogP contribution in [-0.2, 0) is 0 Å². The lowest BCUT2D eigenvalue weighted by Crippen LogP contribution is -2.18. The first-order valence-electron chi connectivity index (χ1n) is 6.54. The zero-order valence-electron chi connectivity index (χ0n) is 11.5. The Balaban J connectivity index is 2.45. The molecule has 1 atom stereocenters. The molecule has 0 aliphatic rings. The van der Waals surface area contributed by atoms with E-state index in [1.54, 1.807) is 19.1 Å². The predicted octanol–water partition coefficient (Wildman–Crippen LogP) is 4.80. The van der Waals surface area contributed by atoms with Gasteiger partial charge in [0.1, 0.15) is 5.82 Å². The van der Waals surface area contributed by atoms with Crippen LogP contribution in [0.2, 0.25) is 0 Å². The van der Waals surface area contributed by atoms with Gasteiger partial charge in [-0.15, -0.1) is 0 Å². The van der Waals surface area contributed by atoms with Gasteiger partial charge >= 0.3 is 0 Å². The molecule has 2 rings (SSSR count). The van der Waals surface area contributed by atoms with Crippen molar-refractivity contribution in [2.75, 3.05) is 11.4 Å². The van der Waals surface area contributed by atoms with Crippen LogP contribution in [0, 0.1) is 5.82 Å². The maximum Gasteiger partial charge on any atom is 0.146 e. The Labute approximate surface area is 127 Å². The third-order valence-electron chi connectivity index (χ3n) is 3.20. The zero-order valence-corrected chi connectivity index (χ0v) is 13.1. The molecule has 0 aliphatic carbocycles. The highest BCUT2D eigenvalue weighted by Crippen LogP contribution is 2.34. The Bertz CT molecular complexity index is 601. The van der Waals surface area contributed by atoms with E-state index in [1.165, 1.54) is 6.07 Å². The van der Waals surface area contributed by atoms with Gasteiger partial charge in [-0.25, -0.2) is 4.39 Å². The van der Waals surface area contributed by atoms with Crippen LogP contribution in [0.5, 0.6) is 0 Å². The topological polar surface area (TPSA) is 23.5 Å². The molecule has 0 saturated heterocycles. The number of anilines is 2. The molecule has 0 saturated carbocycles. The summed E-state index contributed by atoms with van der Waals surface area (Å²) in [5.41, 5.74) is 2.24. The van der Waals surface area contributed by atoms with Crippen molar-refractivity contribution in [2.24, 2.45) is 0 Å². The zero-order chi connectivity index (χ0) is 14.7. The van der Waals surface area contributed by atoms with Crippen LogP contribution in [0.25, 0.3) is 0 Å². The van der Waals surface area contributed by atoms with Gasteiger partial charge in [0.25, 0.3) is 0 Å². The van der Waals surface area contributed by atoms with Gasteiger partial charge in [0.2, 0.25) is 0 Å². The number of halogens is 2. The average Bonchev–Trinajstić information content (AvgIpc) is 2.43. The Morgan fingerprint density at radius 2 is 1.90 bits per heavy atom. The Morgan fingerprint density at radius 1 is 1.20 bits per heavy atom. The van der Waals surface area contributed by atoms with Gasteiger partial charge in [0, 0.05) is 11.0 Å². The maximum absolute atomic E-state index is 14.0. The maximum atomic E-state index is 14.0. The summed E-state index contributed by atoms with van der Waals surface area (Å²) in [6.07, 6.45) is -0.524. The number of hydrogen-bond donors (Lipinski definition) is 1. The van der Waals surface area contributed by atoms with Crippen LogP contribution < -0.4 is 4.90 Å². The molecule has 2 aromatic rings. The van der Waals surface area contributed by atoms with Gasteiger partial charge in [0.15, 0.2) is 0 Å². The van der Waals surface area contributed by atoms with Gasteiger partial charge in [-0.1, -0.05) is 18.2 Å². The number of rotatable bonds is 4. The van der Waals surface area contributed by atoms with Crippen LogP contribution >= 0.6 is 15.9 Å². The molecule has 0 aliphatic heterocycles. The Morgan fingerprint density at radius 3 is 2.45 bits per heavy atom. The summed E-state index contributed by atoms with van der Waals surface area (Å²) in [4.78, 5) is 1.89. The second-order valence-corrected chi connectivity index (χ2v) is 5.44. The predicted molar refractivity (Wildman–Crippen MR) is 83.9 cm³/mol. The van der Waals surface area contributed by atoms with Gasteiger partial charge in [-0.2, -0.15) is 0 Å². The summed E-state index contributed by atoms with van der Waals surface area (Å²) >= 11 is 3.50. The summed E-state index contributed by atoms with van der Waals surface area (Å²) in [5, 5.41) is 9.60. The van der Waals surface area contributed by atoms with Crippen LogP contribution in [0.3, 0.4) is 0 Å². The fourth-order valence-electron chi connectivity index (χ4n) is 2.14. The molecule has 1 N–H and O–H groups in total. The highest BCUT2D eigenvalue weighted by atomic mass is 79.9. The summed E-state index contributed by atoms with van der Waals surface area (Å²) in [7, 11) is 0. The highest BCUT2D eigenvalue weighted by molar-refractivity contribution is 9.10. The molecule has 0 amide bonds. The standard InChI is InChI=1S/C16H17BrFNO/c1-3-19(16-7-5-4-6-14(16)18)15-9-8-12(11(2)20)10-13(15)17/h4-11,20H,3H2,1-2H3. The lowest BCUT2D eigenvalue weighted by atomic mass is 10.1. The number of hydrogen-bond acceptors (Lipinski definition) is 2. The molecule has 2 aromatic carbocycles. The smallest absolute Gasteiger partial charge is 0.146 e. The molecule has 2 nitrogen and oxygen atoms in total. The van der Waals surface area contributed by atoms with Crippen LogP contribution in [0.15, 0.2) is 46.9 Å². The van der Waals surface area contributed by atoms with Gasteiger partial charge in [0.05, 0.1) is 17.5 Å². The molecule has 4 heteroatoms. The minimum atomic E-state index is -0.524.